The molecule has 3 rings (SSSR count). The van der Waals surface area contributed by atoms with Crippen molar-refractivity contribution >= 4 is 0 Å². The summed E-state index contributed by atoms with van der Waals surface area (Å²) in [5.74, 6) is 0.267. The minimum Gasteiger partial charge on any atom is -0.508 e. The van der Waals surface area contributed by atoms with Gasteiger partial charge in [0.1, 0.15) is 5.75 Å². The Morgan fingerprint density at radius 2 is 1.57 bits per heavy atom. The first-order valence-corrected chi connectivity index (χ1v) is 7.46. The van der Waals surface area contributed by atoms with Crippen molar-refractivity contribution in [2.45, 2.75) is 30.9 Å². The molecule has 110 valence electrons. The second-order valence-electron chi connectivity index (χ2n) is 5.89. The van der Waals surface area contributed by atoms with Gasteiger partial charge in [-0.05, 0) is 42.5 Å². The molecule has 1 atom stereocenters. The van der Waals surface area contributed by atoms with Gasteiger partial charge in [0.2, 0.25) is 0 Å². The lowest BCUT2D eigenvalue weighted by Gasteiger charge is -2.38. The number of aromatic hydroxyl groups is 1. The summed E-state index contributed by atoms with van der Waals surface area (Å²) >= 11 is 0. The maximum Gasteiger partial charge on any atom is 0.115 e. The summed E-state index contributed by atoms with van der Waals surface area (Å²) in [7, 11) is 0. The third-order valence-corrected chi connectivity index (χ3v) is 4.28. The zero-order valence-corrected chi connectivity index (χ0v) is 12.0. The lowest BCUT2D eigenvalue weighted by atomic mass is 9.80. The first-order valence-electron chi connectivity index (χ1n) is 7.46. The average Bonchev–Trinajstić information content (AvgIpc) is 2.48. The van der Waals surface area contributed by atoms with E-state index in [1.807, 2.05) is 30.3 Å². The van der Waals surface area contributed by atoms with Crippen molar-refractivity contribution < 1.29 is 10.2 Å². The number of nitrogens with one attached hydrogen (secondary N) is 1. The first-order chi connectivity index (χ1) is 10.2. The van der Waals surface area contributed by atoms with Crippen LogP contribution in [0.5, 0.6) is 5.75 Å². The van der Waals surface area contributed by atoms with Crippen molar-refractivity contribution in [2.75, 3.05) is 6.54 Å². The molecular formula is C18H21NO2. The van der Waals surface area contributed by atoms with Gasteiger partial charge in [0, 0.05) is 6.54 Å². The maximum absolute atomic E-state index is 10.3. The summed E-state index contributed by atoms with van der Waals surface area (Å²) in [6.07, 6.45) is 2.85. The van der Waals surface area contributed by atoms with Crippen molar-refractivity contribution in [3.8, 4) is 5.75 Å². The van der Waals surface area contributed by atoms with E-state index in [0.29, 0.717) is 6.54 Å². The van der Waals surface area contributed by atoms with Crippen LogP contribution in [0.15, 0.2) is 54.6 Å². The van der Waals surface area contributed by atoms with E-state index in [1.54, 1.807) is 12.1 Å². The monoisotopic (exact) mass is 283 g/mol. The average molecular weight is 283 g/mol. The molecule has 1 fully saturated rings. The third-order valence-electron chi connectivity index (χ3n) is 4.28. The summed E-state index contributed by atoms with van der Waals surface area (Å²) in [6, 6.07) is 17.5. The Kier molecular flexibility index (Phi) is 3.95. The standard InChI is InChI=1S/C18H21NO2/c20-16-9-7-15(8-10-16)17(14-5-2-1-3-6-14)19-13-18(21)11-4-12-18/h1-3,5-10,17,19-21H,4,11-13H2. The molecule has 1 aliphatic carbocycles. The van der Waals surface area contributed by atoms with Crippen LogP contribution in [-0.4, -0.2) is 22.4 Å². The van der Waals surface area contributed by atoms with Crippen LogP contribution in [0.4, 0.5) is 0 Å². The minimum absolute atomic E-state index is 0.0245. The van der Waals surface area contributed by atoms with E-state index >= 15 is 0 Å². The Hall–Kier alpha value is -1.84. The van der Waals surface area contributed by atoms with Crippen LogP contribution in [0.25, 0.3) is 0 Å². The zero-order chi connectivity index (χ0) is 14.7. The zero-order valence-electron chi connectivity index (χ0n) is 12.0. The number of hydrogen-bond acceptors (Lipinski definition) is 3. The van der Waals surface area contributed by atoms with E-state index in [9.17, 15) is 10.2 Å². The molecule has 0 aromatic heterocycles. The molecule has 3 heteroatoms. The number of phenols is 1. The topological polar surface area (TPSA) is 52.5 Å². The highest BCUT2D eigenvalue weighted by atomic mass is 16.3. The summed E-state index contributed by atoms with van der Waals surface area (Å²) in [6.45, 7) is 0.591. The van der Waals surface area contributed by atoms with Gasteiger partial charge in [0.15, 0.2) is 0 Å². The number of hydrogen-bond donors (Lipinski definition) is 3. The van der Waals surface area contributed by atoms with Crippen molar-refractivity contribution in [2.24, 2.45) is 0 Å². The first kappa shape index (κ1) is 14.1. The lowest BCUT2D eigenvalue weighted by Crippen LogP contribution is -2.47. The molecule has 3 nitrogen and oxygen atoms in total. The Morgan fingerprint density at radius 1 is 0.952 bits per heavy atom. The van der Waals surface area contributed by atoms with E-state index in [-0.39, 0.29) is 11.8 Å². The largest absolute Gasteiger partial charge is 0.508 e. The van der Waals surface area contributed by atoms with Gasteiger partial charge in [-0.15, -0.1) is 0 Å². The predicted molar refractivity (Wildman–Crippen MR) is 83.2 cm³/mol. The van der Waals surface area contributed by atoms with Crippen LogP contribution < -0.4 is 5.32 Å². The van der Waals surface area contributed by atoms with E-state index < -0.39 is 5.60 Å². The highest BCUT2D eigenvalue weighted by Gasteiger charge is 2.34. The summed E-state index contributed by atoms with van der Waals surface area (Å²) in [5.41, 5.74) is 1.69. The van der Waals surface area contributed by atoms with Crippen molar-refractivity contribution in [1.82, 2.24) is 5.32 Å². The SMILES string of the molecule is Oc1ccc(C(NCC2(O)CCC2)c2ccccc2)cc1. The van der Waals surface area contributed by atoms with Crippen molar-refractivity contribution in [3.05, 3.63) is 65.7 Å². The minimum atomic E-state index is -0.552. The maximum atomic E-state index is 10.3. The Bertz CT molecular complexity index is 576. The predicted octanol–water partition coefficient (Wildman–Crippen LogP) is 2.99. The molecular weight excluding hydrogens is 262 g/mol. The fourth-order valence-electron chi connectivity index (χ4n) is 2.79. The number of rotatable bonds is 5. The van der Waals surface area contributed by atoms with Gasteiger partial charge in [0.05, 0.1) is 11.6 Å². The van der Waals surface area contributed by atoms with Gasteiger partial charge >= 0.3 is 0 Å². The Morgan fingerprint density at radius 3 is 2.14 bits per heavy atom. The molecule has 0 radical (unpaired) electrons. The van der Waals surface area contributed by atoms with E-state index in [0.717, 1.165) is 30.4 Å². The van der Waals surface area contributed by atoms with Gasteiger partial charge in [0.25, 0.3) is 0 Å². The number of phenolic OH excluding ortho intramolecular Hbond substituents is 1. The fourth-order valence-corrected chi connectivity index (χ4v) is 2.79. The number of aliphatic hydroxyl groups is 1. The normalized spacial score (nSPS) is 18.0. The third kappa shape index (κ3) is 3.26. The summed E-state index contributed by atoms with van der Waals surface area (Å²) in [4.78, 5) is 0. The van der Waals surface area contributed by atoms with Crippen LogP contribution in [0.1, 0.15) is 36.4 Å². The van der Waals surface area contributed by atoms with Gasteiger partial charge in [-0.3, -0.25) is 0 Å². The highest BCUT2D eigenvalue weighted by Crippen LogP contribution is 2.32. The molecule has 1 aliphatic rings. The van der Waals surface area contributed by atoms with Crippen LogP contribution in [0.2, 0.25) is 0 Å². The number of benzene rings is 2. The van der Waals surface area contributed by atoms with Gasteiger partial charge < -0.3 is 15.5 Å². The molecule has 0 aliphatic heterocycles. The van der Waals surface area contributed by atoms with Crippen molar-refractivity contribution in [3.63, 3.8) is 0 Å². The fraction of sp³-hybridized carbons (Fsp3) is 0.333. The Labute approximate surface area is 125 Å². The second-order valence-corrected chi connectivity index (χ2v) is 5.89. The second kappa shape index (κ2) is 5.88. The summed E-state index contributed by atoms with van der Waals surface area (Å²) < 4.78 is 0. The lowest BCUT2D eigenvalue weighted by molar-refractivity contribution is -0.0325. The van der Waals surface area contributed by atoms with Gasteiger partial charge in [-0.1, -0.05) is 42.5 Å². The van der Waals surface area contributed by atoms with Crippen LogP contribution in [0, 0.1) is 0 Å². The molecule has 2 aromatic rings. The van der Waals surface area contributed by atoms with E-state index in [4.69, 9.17) is 0 Å². The van der Waals surface area contributed by atoms with Gasteiger partial charge in [-0.25, -0.2) is 0 Å². The molecule has 1 unspecified atom stereocenters. The molecule has 0 amide bonds. The smallest absolute Gasteiger partial charge is 0.115 e. The van der Waals surface area contributed by atoms with E-state index in [1.165, 1.54) is 0 Å². The molecule has 0 heterocycles. The molecule has 21 heavy (non-hydrogen) atoms. The molecule has 0 bridgehead atoms. The molecule has 3 N–H and O–H groups in total. The molecule has 2 aromatic carbocycles. The van der Waals surface area contributed by atoms with Crippen LogP contribution >= 0.6 is 0 Å². The summed E-state index contributed by atoms with van der Waals surface area (Å²) in [5, 5.41) is 23.2. The molecule has 0 spiro atoms. The molecule has 1 saturated carbocycles. The van der Waals surface area contributed by atoms with Crippen LogP contribution in [0.3, 0.4) is 0 Å². The molecule has 0 saturated heterocycles. The van der Waals surface area contributed by atoms with E-state index in [2.05, 4.69) is 17.4 Å². The quantitative estimate of drug-likeness (QED) is 0.790. The highest BCUT2D eigenvalue weighted by molar-refractivity contribution is 5.35. The Balaban J connectivity index is 1.82. The van der Waals surface area contributed by atoms with Gasteiger partial charge in [-0.2, -0.15) is 0 Å². The van der Waals surface area contributed by atoms with Crippen LogP contribution in [-0.2, 0) is 0 Å². The van der Waals surface area contributed by atoms with Crippen molar-refractivity contribution in [1.29, 1.82) is 0 Å².